The summed E-state index contributed by atoms with van der Waals surface area (Å²) in [5.41, 5.74) is 4.74. The van der Waals surface area contributed by atoms with Crippen molar-refractivity contribution in [1.29, 1.82) is 0 Å². The van der Waals surface area contributed by atoms with Crippen molar-refractivity contribution in [3.63, 3.8) is 0 Å². The van der Waals surface area contributed by atoms with E-state index in [2.05, 4.69) is 5.32 Å². The summed E-state index contributed by atoms with van der Waals surface area (Å²) in [5, 5.41) is 2.70. The normalized spacial score (nSPS) is 17.2. The van der Waals surface area contributed by atoms with Gasteiger partial charge in [0.15, 0.2) is 0 Å². The number of amides is 1. The van der Waals surface area contributed by atoms with Gasteiger partial charge in [0.2, 0.25) is 0 Å². The van der Waals surface area contributed by atoms with Crippen molar-refractivity contribution in [2.24, 2.45) is 5.73 Å². The van der Waals surface area contributed by atoms with Gasteiger partial charge in [0.25, 0.3) is 5.91 Å². The highest BCUT2D eigenvalue weighted by Crippen LogP contribution is 2.30. The summed E-state index contributed by atoms with van der Waals surface area (Å²) in [7, 11) is 0. The summed E-state index contributed by atoms with van der Waals surface area (Å²) in [6.45, 7) is 0. The number of rotatable bonds is 3. The molecule has 0 spiro atoms. The summed E-state index contributed by atoms with van der Waals surface area (Å²) in [6, 6.07) is 2.83. The van der Waals surface area contributed by atoms with Crippen LogP contribution in [0.4, 0.5) is 8.78 Å². The topological polar surface area (TPSA) is 55.1 Å². The molecule has 0 aliphatic heterocycles. The fraction of sp³-hybridized carbons (Fsp3) is 0.385. The molecule has 102 valence electrons. The van der Waals surface area contributed by atoms with Gasteiger partial charge in [-0.2, -0.15) is 0 Å². The zero-order valence-electron chi connectivity index (χ0n) is 10.2. The van der Waals surface area contributed by atoms with Crippen LogP contribution in [-0.2, 0) is 0 Å². The first-order valence-electron chi connectivity index (χ1n) is 6.02. The van der Waals surface area contributed by atoms with Crippen LogP contribution >= 0.6 is 12.2 Å². The van der Waals surface area contributed by atoms with Gasteiger partial charge >= 0.3 is 0 Å². The summed E-state index contributed by atoms with van der Waals surface area (Å²) in [5.74, 6) is -2.24. The fourth-order valence-electron chi connectivity index (χ4n) is 2.37. The van der Waals surface area contributed by atoms with E-state index in [4.69, 9.17) is 18.0 Å². The molecular formula is C13H14F2N2OS. The molecule has 1 aliphatic rings. The van der Waals surface area contributed by atoms with Gasteiger partial charge in [-0.3, -0.25) is 4.79 Å². The first-order valence-corrected chi connectivity index (χ1v) is 6.43. The lowest BCUT2D eigenvalue weighted by Crippen LogP contribution is -2.54. The zero-order valence-corrected chi connectivity index (χ0v) is 11.0. The average Bonchev–Trinajstić information content (AvgIpc) is 2.78. The predicted octanol–water partition coefficient (Wildman–Crippen LogP) is 2.29. The van der Waals surface area contributed by atoms with Gasteiger partial charge in [-0.15, -0.1) is 0 Å². The Bertz CT molecular complexity index is 527. The smallest absolute Gasteiger partial charge is 0.255 e. The van der Waals surface area contributed by atoms with Crippen LogP contribution in [0.25, 0.3) is 0 Å². The van der Waals surface area contributed by atoms with Gasteiger partial charge < -0.3 is 11.1 Å². The van der Waals surface area contributed by atoms with E-state index < -0.39 is 23.1 Å². The molecule has 1 fully saturated rings. The largest absolute Gasteiger partial charge is 0.391 e. The second-order valence-electron chi connectivity index (χ2n) is 4.73. The van der Waals surface area contributed by atoms with Gasteiger partial charge in [-0.05, 0) is 25.0 Å². The highest BCUT2D eigenvalue weighted by atomic mass is 32.1. The second-order valence-corrected chi connectivity index (χ2v) is 5.17. The molecule has 0 heterocycles. The summed E-state index contributed by atoms with van der Waals surface area (Å²) >= 11 is 5.00. The molecule has 6 heteroatoms. The molecule has 1 saturated carbocycles. The standard InChI is InChI=1S/C13H14F2N2OS/c14-8-3-4-9(10(15)7-8)11(18)17-13(12(16)19)5-1-2-6-13/h3-4,7H,1-2,5-6H2,(H2,16,19)(H,17,18). The van der Waals surface area contributed by atoms with E-state index in [1.54, 1.807) is 0 Å². The molecule has 3 nitrogen and oxygen atoms in total. The Morgan fingerprint density at radius 3 is 2.47 bits per heavy atom. The number of hydrogen-bond donors (Lipinski definition) is 2. The minimum Gasteiger partial charge on any atom is -0.391 e. The van der Waals surface area contributed by atoms with Crippen molar-refractivity contribution in [3.05, 3.63) is 35.4 Å². The van der Waals surface area contributed by atoms with Crippen LogP contribution in [0, 0.1) is 11.6 Å². The number of carbonyl (C=O) groups excluding carboxylic acids is 1. The molecule has 1 amide bonds. The third-order valence-corrected chi connectivity index (χ3v) is 3.85. The molecule has 1 aromatic carbocycles. The Morgan fingerprint density at radius 2 is 1.95 bits per heavy atom. The van der Waals surface area contributed by atoms with Crippen LogP contribution in [0.15, 0.2) is 18.2 Å². The van der Waals surface area contributed by atoms with E-state index in [-0.39, 0.29) is 10.6 Å². The Morgan fingerprint density at radius 1 is 1.32 bits per heavy atom. The first-order chi connectivity index (χ1) is 8.94. The maximum Gasteiger partial charge on any atom is 0.255 e. The number of nitrogens with two attached hydrogens (primary N) is 1. The van der Waals surface area contributed by atoms with Crippen molar-refractivity contribution in [2.45, 2.75) is 31.2 Å². The van der Waals surface area contributed by atoms with Crippen molar-refractivity contribution in [1.82, 2.24) is 5.32 Å². The molecule has 0 atom stereocenters. The van der Waals surface area contributed by atoms with E-state index in [9.17, 15) is 13.6 Å². The molecule has 0 radical (unpaired) electrons. The molecule has 3 N–H and O–H groups in total. The van der Waals surface area contributed by atoms with Gasteiger partial charge in [0.1, 0.15) is 11.6 Å². The third-order valence-electron chi connectivity index (χ3n) is 3.46. The van der Waals surface area contributed by atoms with E-state index >= 15 is 0 Å². The minimum absolute atomic E-state index is 0.205. The van der Waals surface area contributed by atoms with Crippen LogP contribution in [-0.4, -0.2) is 16.4 Å². The summed E-state index contributed by atoms with van der Waals surface area (Å²) in [4.78, 5) is 12.3. The van der Waals surface area contributed by atoms with Crippen molar-refractivity contribution in [3.8, 4) is 0 Å². The molecule has 0 saturated heterocycles. The van der Waals surface area contributed by atoms with Crippen molar-refractivity contribution in [2.75, 3.05) is 0 Å². The van der Waals surface area contributed by atoms with Crippen LogP contribution in [0.1, 0.15) is 36.0 Å². The third kappa shape index (κ3) is 2.73. The molecule has 1 aliphatic carbocycles. The predicted molar refractivity (Wildman–Crippen MR) is 71.8 cm³/mol. The van der Waals surface area contributed by atoms with Gasteiger partial charge in [-0.1, -0.05) is 25.1 Å². The van der Waals surface area contributed by atoms with Gasteiger partial charge in [0.05, 0.1) is 16.1 Å². The fourth-order valence-corrected chi connectivity index (χ4v) is 2.62. The Labute approximate surface area is 115 Å². The molecule has 19 heavy (non-hydrogen) atoms. The maximum absolute atomic E-state index is 13.5. The molecule has 0 aromatic heterocycles. The van der Waals surface area contributed by atoms with E-state index in [1.807, 2.05) is 0 Å². The average molecular weight is 284 g/mol. The number of hydrogen-bond acceptors (Lipinski definition) is 2. The van der Waals surface area contributed by atoms with Crippen LogP contribution in [0.5, 0.6) is 0 Å². The number of carbonyl (C=O) groups is 1. The number of halogens is 2. The monoisotopic (exact) mass is 284 g/mol. The van der Waals surface area contributed by atoms with Crippen LogP contribution < -0.4 is 11.1 Å². The lowest BCUT2D eigenvalue weighted by atomic mass is 9.97. The van der Waals surface area contributed by atoms with Crippen molar-refractivity contribution < 1.29 is 13.6 Å². The van der Waals surface area contributed by atoms with Crippen LogP contribution in [0.3, 0.4) is 0 Å². The Kier molecular flexibility index (Phi) is 3.80. The summed E-state index contributed by atoms with van der Waals surface area (Å²) < 4.78 is 26.3. The Balaban J connectivity index is 2.22. The lowest BCUT2D eigenvalue weighted by molar-refractivity contribution is 0.0920. The van der Waals surface area contributed by atoms with Gasteiger partial charge in [-0.25, -0.2) is 8.78 Å². The number of nitrogens with one attached hydrogen (secondary N) is 1. The molecular weight excluding hydrogens is 270 g/mol. The van der Waals surface area contributed by atoms with E-state index in [0.717, 1.165) is 25.0 Å². The highest BCUT2D eigenvalue weighted by Gasteiger charge is 2.38. The quantitative estimate of drug-likeness (QED) is 0.837. The van der Waals surface area contributed by atoms with Gasteiger partial charge in [0, 0.05) is 6.07 Å². The minimum atomic E-state index is -0.895. The lowest BCUT2D eigenvalue weighted by Gasteiger charge is -2.29. The molecule has 1 aromatic rings. The number of benzene rings is 1. The molecule has 2 rings (SSSR count). The van der Waals surface area contributed by atoms with Crippen LogP contribution in [0.2, 0.25) is 0 Å². The first kappa shape index (κ1) is 13.9. The van der Waals surface area contributed by atoms with E-state index in [1.165, 1.54) is 0 Å². The summed E-state index contributed by atoms with van der Waals surface area (Å²) in [6.07, 6.45) is 3.11. The van der Waals surface area contributed by atoms with Crippen molar-refractivity contribution >= 4 is 23.1 Å². The molecule has 0 bridgehead atoms. The SMILES string of the molecule is NC(=S)C1(NC(=O)c2ccc(F)cc2F)CCCC1. The second kappa shape index (κ2) is 5.21. The highest BCUT2D eigenvalue weighted by molar-refractivity contribution is 7.80. The molecule has 0 unspecified atom stereocenters. The number of thiocarbonyl (C=S) groups is 1. The zero-order chi connectivity index (χ0) is 14.0. The maximum atomic E-state index is 13.5. The Hall–Kier alpha value is -1.56. The van der Waals surface area contributed by atoms with E-state index in [0.29, 0.717) is 18.9 Å².